The lowest BCUT2D eigenvalue weighted by Crippen LogP contribution is -2.45. The number of hydrogen-bond acceptors (Lipinski definition) is 2. The summed E-state index contributed by atoms with van der Waals surface area (Å²) in [6.07, 6.45) is 0.761. The van der Waals surface area contributed by atoms with Crippen LogP contribution in [-0.4, -0.2) is 31.1 Å². The molecule has 1 saturated heterocycles. The summed E-state index contributed by atoms with van der Waals surface area (Å²) < 4.78 is 14.3. The Bertz CT molecular complexity index is 462. The standard InChI is InChI=1S/C15H20ClFN2.2ClH/c1-11(2)10-14(19-8-6-18-7-9-19)12-4-3-5-13(16)15(12)17;;/h3-5,14,18H,1,6-10H2,2H3;2*1H/t14-;;/m0../s1. The smallest absolute Gasteiger partial charge is 0.146 e. The molecule has 0 spiro atoms. The predicted molar refractivity (Wildman–Crippen MR) is 92.5 cm³/mol. The quantitative estimate of drug-likeness (QED) is 0.813. The van der Waals surface area contributed by atoms with Crippen LogP contribution in [0.3, 0.4) is 0 Å². The zero-order valence-corrected chi connectivity index (χ0v) is 14.5. The Morgan fingerprint density at radius 3 is 2.57 bits per heavy atom. The van der Waals surface area contributed by atoms with Crippen LogP contribution in [0.4, 0.5) is 4.39 Å². The zero-order valence-electron chi connectivity index (χ0n) is 12.1. The molecule has 2 nitrogen and oxygen atoms in total. The Hall–Kier alpha value is -0.320. The monoisotopic (exact) mass is 354 g/mol. The predicted octanol–water partition coefficient (Wildman–Crippen LogP) is 4.24. The van der Waals surface area contributed by atoms with Crippen molar-refractivity contribution in [2.45, 2.75) is 19.4 Å². The second-order valence-electron chi connectivity index (χ2n) is 5.11. The molecule has 0 amide bonds. The van der Waals surface area contributed by atoms with E-state index >= 15 is 0 Å². The molecule has 0 bridgehead atoms. The fourth-order valence-electron chi connectivity index (χ4n) is 2.54. The fraction of sp³-hybridized carbons (Fsp3) is 0.467. The van der Waals surface area contributed by atoms with E-state index in [2.05, 4.69) is 16.8 Å². The van der Waals surface area contributed by atoms with Crippen molar-refractivity contribution in [3.05, 3.63) is 46.8 Å². The number of benzene rings is 1. The minimum atomic E-state index is -0.297. The molecule has 0 saturated carbocycles. The maximum absolute atomic E-state index is 14.3. The van der Waals surface area contributed by atoms with Gasteiger partial charge in [0.25, 0.3) is 0 Å². The van der Waals surface area contributed by atoms with Crippen LogP contribution >= 0.6 is 36.4 Å². The molecule has 1 aromatic carbocycles. The highest BCUT2D eigenvalue weighted by Gasteiger charge is 2.25. The van der Waals surface area contributed by atoms with Crippen LogP contribution in [0.25, 0.3) is 0 Å². The molecule has 2 rings (SSSR count). The van der Waals surface area contributed by atoms with Crippen LogP contribution in [0.15, 0.2) is 30.4 Å². The number of nitrogens with one attached hydrogen (secondary N) is 1. The summed E-state index contributed by atoms with van der Waals surface area (Å²) in [6.45, 7) is 9.67. The average Bonchev–Trinajstić information content (AvgIpc) is 2.40. The van der Waals surface area contributed by atoms with Gasteiger partial charge in [0.2, 0.25) is 0 Å². The van der Waals surface area contributed by atoms with Gasteiger partial charge in [-0.15, -0.1) is 31.4 Å². The van der Waals surface area contributed by atoms with Gasteiger partial charge >= 0.3 is 0 Å². The Morgan fingerprint density at radius 2 is 2.00 bits per heavy atom. The van der Waals surface area contributed by atoms with Crippen LogP contribution in [0, 0.1) is 5.82 Å². The number of piperazine rings is 1. The van der Waals surface area contributed by atoms with Crippen molar-refractivity contribution in [1.29, 1.82) is 0 Å². The van der Waals surface area contributed by atoms with Crippen molar-refractivity contribution in [3.63, 3.8) is 0 Å². The molecule has 6 heteroatoms. The van der Waals surface area contributed by atoms with Crippen LogP contribution in [0.5, 0.6) is 0 Å². The molecule has 1 N–H and O–H groups in total. The van der Waals surface area contributed by atoms with Gasteiger partial charge in [0.05, 0.1) is 5.02 Å². The van der Waals surface area contributed by atoms with Gasteiger partial charge in [-0.3, -0.25) is 4.90 Å². The first-order valence-electron chi connectivity index (χ1n) is 6.62. The van der Waals surface area contributed by atoms with Crippen molar-refractivity contribution >= 4 is 36.4 Å². The third kappa shape index (κ3) is 5.42. The van der Waals surface area contributed by atoms with Gasteiger partial charge in [-0.2, -0.15) is 0 Å². The Morgan fingerprint density at radius 1 is 1.38 bits per heavy atom. The summed E-state index contributed by atoms with van der Waals surface area (Å²) in [6, 6.07) is 5.26. The molecule has 21 heavy (non-hydrogen) atoms. The number of hydrogen-bond donors (Lipinski definition) is 1. The van der Waals surface area contributed by atoms with E-state index in [0.717, 1.165) is 38.2 Å². The molecule has 1 fully saturated rings. The molecule has 120 valence electrons. The average molecular weight is 356 g/mol. The number of rotatable bonds is 4. The van der Waals surface area contributed by atoms with E-state index in [0.29, 0.717) is 5.56 Å². The Kier molecular flexibility index (Phi) is 9.50. The normalized spacial score (nSPS) is 16.5. The van der Waals surface area contributed by atoms with Gasteiger partial charge in [-0.1, -0.05) is 29.3 Å². The molecule has 0 unspecified atom stereocenters. The van der Waals surface area contributed by atoms with Crippen LogP contribution in [0.1, 0.15) is 24.9 Å². The van der Waals surface area contributed by atoms with E-state index < -0.39 is 0 Å². The van der Waals surface area contributed by atoms with Gasteiger partial charge in [0.15, 0.2) is 0 Å². The molecule has 0 aliphatic carbocycles. The summed E-state index contributed by atoms with van der Waals surface area (Å²) in [7, 11) is 0. The number of nitrogens with zero attached hydrogens (tertiary/aromatic N) is 1. The largest absolute Gasteiger partial charge is 0.314 e. The minimum absolute atomic E-state index is 0. The lowest BCUT2D eigenvalue weighted by molar-refractivity contribution is 0.169. The summed E-state index contributed by atoms with van der Waals surface area (Å²) >= 11 is 5.91. The molecule has 1 aliphatic rings. The third-order valence-electron chi connectivity index (χ3n) is 3.47. The van der Waals surface area contributed by atoms with Crippen LogP contribution in [0.2, 0.25) is 5.02 Å². The van der Waals surface area contributed by atoms with Gasteiger partial charge in [0, 0.05) is 37.8 Å². The van der Waals surface area contributed by atoms with E-state index in [1.165, 1.54) is 0 Å². The maximum Gasteiger partial charge on any atom is 0.146 e. The Labute approximate surface area is 143 Å². The van der Waals surface area contributed by atoms with Gasteiger partial charge in [-0.25, -0.2) is 4.39 Å². The molecule has 0 aromatic heterocycles. The highest BCUT2D eigenvalue weighted by atomic mass is 35.5. The molecule has 1 aromatic rings. The maximum atomic E-state index is 14.3. The van der Waals surface area contributed by atoms with Crippen molar-refractivity contribution in [2.24, 2.45) is 0 Å². The first-order chi connectivity index (χ1) is 9.09. The van der Waals surface area contributed by atoms with E-state index in [4.69, 9.17) is 11.6 Å². The second kappa shape index (κ2) is 9.65. The summed E-state index contributed by atoms with van der Waals surface area (Å²) in [5, 5.41) is 3.51. The highest BCUT2D eigenvalue weighted by Crippen LogP contribution is 2.31. The van der Waals surface area contributed by atoms with E-state index in [1.807, 2.05) is 19.1 Å². The summed E-state index contributed by atoms with van der Waals surface area (Å²) in [5.74, 6) is -0.297. The summed E-state index contributed by atoms with van der Waals surface area (Å²) in [5.41, 5.74) is 1.74. The van der Waals surface area contributed by atoms with Crippen LogP contribution in [-0.2, 0) is 0 Å². The molecule has 1 aliphatic heterocycles. The highest BCUT2D eigenvalue weighted by molar-refractivity contribution is 6.30. The first-order valence-corrected chi connectivity index (χ1v) is 7.00. The topological polar surface area (TPSA) is 15.3 Å². The van der Waals surface area contributed by atoms with Gasteiger partial charge in [0.1, 0.15) is 5.82 Å². The second-order valence-corrected chi connectivity index (χ2v) is 5.51. The summed E-state index contributed by atoms with van der Waals surface area (Å²) in [4.78, 5) is 2.31. The molecular formula is C15H22Cl3FN2. The molecule has 1 heterocycles. The van der Waals surface area contributed by atoms with E-state index in [1.54, 1.807) is 6.07 Å². The van der Waals surface area contributed by atoms with Gasteiger partial charge in [-0.05, 0) is 19.4 Å². The van der Waals surface area contributed by atoms with Crippen molar-refractivity contribution in [3.8, 4) is 0 Å². The number of halogens is 4. The zero-order chi connectivity index (χ0) is 13.8. The molecule has 0 radical (unpaired) electrons. The van der Waals surface area contributed by atoms with Crippen LogP contribution < -0.4 is 5.32 Å². The van der Waals surface area contributed by atoms with Gasteiger partial charge < -0.3 is 5.32 Å². The minimum Gasteiger partial charge on any atom is -0.314 e. The van der Waals surface area contributed by atoms with E-state index in [-0.39, 0.29) is 41.7 Å². The fourth-order valence-corrected chi connectivity index (χ4v) is 2.72. The van der Waals surface area contributed by atoms with Crippen molar-refractivity contribution in [1.82, 2.24) is 10.2 Å². The lowest BCUT2D eigenvalue weighted by atomic mass is 9.97. The van der Waals surface area contributed by atoms with Crippen molar-refractivity contribution < 1.29 is 4.39 Å². The van der Waals surface area contributed by atoms with E-state index in [9.17, 15) is 4.39 Å². The molecule has 1 atom stereocenters. The van der Waals surface area contributed by atoms with Crippen molar-refractivity contribution in [2.75, 3.05) is 26.2 Å². The third-order valence-corrected chi connectivity index (χ3v) is 3.77. The SMILES string of the molecule is C=C(C)C[C@@H](c1cccc(Cl)c1F)N1CCNCC1.Cl.Cl. The molecular weight excluding hydrogens is 334 g/mol. The first kappa shape index (κ1) is 20.7. The Balaban J connectivity index is 0.00000200. The lowest BCUT2D eigenvalue weighted by Gasteiger charge is -2.35.